The molecule has 5 N–H and O–H groups in total. The van der Waals surface area contributed by atoms with Gasteiger partial charge in [0.15, 0.2) is 0 Å². The van der Waals surface area contributed by atoms with Gasteiger partial charge in [0.05, 0.1) is 17.0 Å². The number of anilines is 3. The topological polar surface area (TPSA) is 99.1 Å². The summed E-state index contributed by atoms with van der Waals surface area (Å²) in [5.74, 6) is 1.12. The first-order valence-electron chi connectivity index (χ1n) is 7.84. The summed E-state index contributed by atoms with van der Waals surface area (Å²) in [7, 11) is 0. The number of nitrogens with one attached hydrogen (secondary N) is 1. The lowest BCUT2D eigenvalue weighted by atomic mass is 10.1. The number of hydrogen-bond acceptors (Lipinski definition) is 6. The average Bonchev–Trinajstić information content (AvgIpc) is 2.52. The van der Waals surface area contributed by atoms with Gasteiger partial charge in [-0.2, -0.15) is 4.98 Å². The molecule has 0 aliphatic rings. The van der Waals surface area contributed by atoms with Crippen LogP contribution in [0.2, 0.25) is 0 Å². The molecule has 3 aromatic rings. The molecule has 0 fully saturated rings. The van der Waals surface area contributed by atoms with Gasteiger partial charge in [0.2, 0.25) is 5.95 Å². The van der Waals surface area contributed by atoms with E-state index in [1.807, 2.05) is 44.2 Å². The molecule has 1 heterocycles. The van der Waals surface area contributed by atoms with Crippen molar-refractivity contribution in [1.82, 2.24) is 9.97 Å². The summed E-state index contributed by atoms with van der Waals surface area (Å²) in [6, 6.07) is 14.0. The van der Waals surface area contributed by atoms with Crippen LogP contribution in [0, 0.1) is 0 Å². The van der Waals surface area contributed by atoms with Gasteiger partial charge in [-0.3, -0.25) is 0 Å². The van der Waals surface area contributed by atoms with Crippen molar-refractivity contribution in [2.75, 3.05) is 16.8 Å². The molecule has 0 bridgehead atoms. The summed E-state index contributed by atoms with van der Waals surface area (Å²) in [6.07, 6.45) is 0.00882. The van der Waals surface area contributed by atoms with Crippen LogP contribution in [0.3, 0.4) is 0 Å². The summed E-state index contributed by atoms with van der Waals surface area (Å²) in [5, 5.41) is 4.07. The fraction of sp³-hybridized carbons (Fsp3) is 0.222. The maximum absolute atomic E-state index is 6.02. The first-order valence-corrected chi connectivity index (χ1v) is 7.84. The van der Waals surface area contributed by atoms with Crippen LogP contribution in [-0.2, 0) is 6.54 Å². The molecule has 0 aliphatic heterocycles. The number of aromatic nitrogens is 2. The highest BCUT2D eigenvalue weighted by Crippen LogP contribution is 2.33. The summed E-state index contributed by atoms with van der Waals surface area (Å²) < 4.78 is 5.90. The second-order valence-corrected chi connectivity index (χ2v) is 5.84. The molecule has 0 saturated heterocycles. The van der Waals surface area contributed by atoms with Crippen LogP contribution in [0.1, 0.15) is 19.4 Å². The van der Waals surface area contributed by atoms with E-state index in [2.05, 4.69) is 27.4 Å². The number of ether oxygens (including phenoxy) is 1. The van der Waals surface area contributed by atoms with Crippen LogP contribution in [0.15, 0.2) is 42.5 Å². The Hall–Kier alpha value is -3.02. The molecule has 124 valence electrons. The molecule has 0 amide bonds. The monoisotopic (exact) mass is 323 g/mol. The van der Waals surface area contributed by atoms with Crippen molar-refractivity contribution in [3.63, 3.8) is 0 Å². The fourth-order valence-corrected chi connectivity index (χ4v) is 2.52. The van der Waals surface area contributed by atoms with E-state index in [0.717, 1.165) is 5.69 Å². The molecular formula is C18H21N5O. The Morgan fingerprint density at radius 3 is 2.54 bits per heavy atom. The SMILES string of the molecule is CC(C)Oc1cc(NCc2ccccc2)cc2nc(N)nc(N)c12. The van der Waals surface area contributed by atoms with Crippen LogP contribution in [0.4, 0.5) is 17.5 Å². The van der Waals surface area contributed by atoms with Gasteiger partial charge in [-0.1, -0.05) is 30.3 Å². The van der Waals surface area contributed by atoms with Gasteiger partial charge in [0.1, 0.15) is 11.6 Å². The largest absolute Gasteiger partial charge is 0.490 e. The molecule has 1 aromatic heterocycles. The fourth-order valence-electron chi connectivity index (χ4n) is 2.52. The Bertz CT molecular complexity index is 849. The Labute approximate surface area is 140 Å². The van der Waals surface area contributed by atoms with Crippen molar-refractivity contribution in [3.8, 4) is 5.75 Å². The van der Waals surface area contributed by atoms with Crippen LogP contribution in [0.25, 0.3) is 10.9 Å². The summed E-state index contributed by atoms with van der Waals surface area (Å²) in [5.41, 5.74) is 14.5. The standard InChI is InChI=1S/C18H21N5O/c1-11(2)24-15-9-13(21-10-12-6-4-3-5-7-12)8-14-16(15)17(19)23-18(20)22-14/h3-9,11,21H,10H2,1-2H3,(H4,19,20,22,23). The van der Waals surface area contributed by atoms with E-state index in [9.17, 15) is 0 Å². The van der Waals surface area contributed by atoms with Crippen molar-refractivity contribution in [2.45, 2.75) is 26.5 Å². The Kier molecular flexibility index (Phi) is 4.37. The van der Waals surface area contributed by atoms with E-state index < -0.39 is 0 Å². The first kappa shape index (κ1) is 15.9. The smallest absolute Gasteiger partial charge is 0.222 e. The number of nitrogen functional groups attached to an aromatic ring is 2. The zero-order chi connectivity index (χ0) is 17.1. The lowest BCUT2D eigenvalue weighted by Crippen LogP contribution is -2.09. The Morgan fingerprint density at radius 1 is 1.08 bits per heavy atom. The highest BCUT2D eigenvalue weighted by molar-refractivity contribution is 5.96. The molecule has 24 heavy (non-hydrogen) atoms. The van der Waals surface area contributed by atoms with Crippen molar-refractivity contribution in [2.24, 2.45) is 0 Å². The quantitative estimate of drug-likeness (QED) is 0.667. The van der Waals surface area contributed by atoms with E-state index in [-0.39, 0.29) is 12.1 Å². The van der Waals surface area contributed by atoms with Crippen molar-refractivity contribution in [1.29, 1.82) is 0 Å². The number of hydrogen-bond donors (Lipinski definition) is 3. The maximum atomic E-state index is 6.02. The number of benzene rings is 2. The zero-order valence-corrected chi connectivity index (χ0v) is 13.8. The van der Waals surface area contributed by atoms with Gasteiger partial charge in [0, 0.05) is 18.3 Å². The summed E-state index contributed by atoms with van der Waals surface area (Å²) >= 11 is 0. The van der Waals surface area contributed by atoms with Crippen molar-refractivity contribution >= 4 is 28.4 Å². The van der Waals surface area contributed by atoms with Gasteiger partial charge < -0.3 is 21.5 Å². The second kappa shape index (κ2) is 6.62. The molecule has 0 spiro atoms. The molecule has 3 rings (SSSR count). The predicted molar refractivity (Wildman–Crippen MR) is 97.9 cm³/mol. The molecule has 0 atom stereocenters. The minimum Gasteiger partial charge on any atom is -0.490 e. The first-order chi connectivity index (χ1) is 11.5. The second-order valence-electron chi connectivity index (χ2n) is 5.84. The maximum Gasteiger partial charge on any atom is 0.222 e. The van der Waals surface area contributed by atoms with Crippen molar-refractivity contribution < 1.29 is 4.74 Å². The molecular weight excluding hydrogens is 302 g/mol. The van der Waals surface area contributed by atoms with Gasteiger partial charge in [-0.05, 0) is 25.5 Å². The third kappa shape index (κ3) is 3.48. The van der Waals surface area contributed by atoms with E-state index in [1.165, 1.54) is 5.56 Å². The van der Waals surface area contributed by atoms with Gasteiger partial charge in [0.25, 0.3) is 0 Å². The van der Waals surface area contributed by atoms with Gasteiger partial charge in [-0.15, -0.1) is 0 Å². The highest BCUT2D eigenvalue weighted by atomic mass is 16.5. The highest BCUT2D eigenvalue weighted by Gasteiger charge is 2.13. The molecule has 0 unspecified atom stereocenters. The zero-order valence-electron chi connectivity index (χ0n) is 13.8. The molecule has 0 aliphatic carbocycles. The Morgan fingerprint density at radius 2 is 1.83 bits per heavy atom. The lowest BCUT2D eigenvalue weighted by Gasteiger charge is -2.16. The summed E-state index contributed by atoms with van der Waals surface area (Å²) in [4.78, 5) is 8.32. The van der Waals surface area contributed by atoms with E-state index >= 15 is 0 Å². The summed E-state index contributed by atoms with van der Waals surface area (Å²) in [6.45, 7) is 4.62. The van der Waals surface area contributed by atoms with E-state index in [4.69, 9.17) is 16.2 Å². The van der Waals surface area contributed by atoms with Crippen LogP contribution in [-0.4, -0.2) is 16.1 Å². The average molecular weight is 323 g/mol. The van der Waals surface area contributed by atoms with Gasteiger partial charge in [-0.25, -0.2) is 4.98 Å². The normalized spacial score (nSPS) is 11.0. The third-order valence-corrected chi connectivity index (χ3v) is 3.51. The van der Waals surface area contributed by atoms with Crippen LogP contribution >= 0.6 is 0 Å². The van der Waals surface area contributed by atoms with Crippen LogP contribution in [0.5, 0.6) is 5.75 Å². The number of nitrogens with zero attached hydrogens (tertiary/aromatic N) is 2. The molecule has 6 heteroatoms. The predicted octanol–water partition coefficient (Wildman–Crippen LogP) is 3.19. The third-order valence-electron chi connectivity index (χ3n) is 3.51. The Balaban J connectivity index is 1.99. The lowest BCUT2D eigenvalue weighted by molar-refractivity contribution is 0.245. The molecule has 0 radical (unpaired) electrons. The number of fused-ring (bicyclic) bond motifs is 1. The van der Waals surface area contributed by atoms with E-state index in [0.29, 0.717) is 29.0 Å². The minimum absolute atomic E-state index is 0.00882. The van der Waals surface area contributed by atoms with Crippen LogP contribution < -0.4 is 21.5 Å². The van der Waals surface area contributed by atoms with E-state index in [1.54, 1.807) is 0 Å². The minimum atomic E-state index is 0.00882. The van der Waals surface area contributed by atoms with Crippen molar-refractivity contribution in [3.05, 3.63) is 48.0 Å². The van der Waals surface area contributed by atoms with Gasteiger partial charge >= 0.3 is 0 Å². The number of rotatable bonds is 5. The number of nitrogens with two attached hydrogens (primary N) is 2. The molecule has 0 saturated carbocycles. The molecule has 2 aromatic carbocycles. The molecule has 6 nitrogen and oxygen atoms in total.